The number of alkyl carbamates (subject to hydrolysis) is 1. The van der Waals surface area contributed by atoms with E-state index in [1.165, 1.54) is 22.0 Å². The number of carbonyl (C=O) groups is 1. The highest BCUT2D eigenvalue weighted by Gasteiger charge is 2.43. The van der Waals surface area contributed by atoms with Crippen LogP contribution in [0.5, 0.6) is 0 Å². The topological polar surface area (TPSA) is 79.0 Å². The minimum atomic E-state index is -3.85. The molecule has 0 aromatic heterocycles. The molecule has 0 saturated carbocycles. The van der Waals surface area contributed by atoms with Gasteiger partial charge in [-0.05, 0) is 61.1 Å². The van der Waals surface area contributed by atoms with E-state index in [-0.39, 0.29) is 23.6 Å². The third-order valence-electron chi connectivity index (χ3n) is 7.58. The molecule has 0 radical (unpaired) electrons. The SMILES string of the molecule is O=C(NC1CCN(Cc2ccccc2)CC1)OC[C@H]1CC[C@@H](c2ccccc2)N1S(=O)(=O)c1ccc(Cl)cc1. The number of nitrogens with one attached hydrogen (secondary N) is 1. The van der Waals surface area contributed by atoms with Crippen molar-refractivity contribution in [2.75, 3.05) is 19.7 Å². The number of rotatable bonds is 8. The molecule has 2 fully saturated rings. The molecule has 1 amide bonds. The summed E-state index contributed by atoms with van der Waals surface area (Å²) in [6.07, 6.45) is 2.43. The van der Waals surface area contributed by atoms with E-state index in [2.05, 4.69) is 22.3 Å². The van der Waals surface area contributed by atoms with E-state index in [9.17, 15) is 13.2 Å². The lowest BCUT2D eigenvalue weighted by molar-refractivity contribution is 0.111. The summed E-state index contributed by atoms with van der Waals surface area (Å²) >= 11 is 6.01. The van der Waals surface area contributed by atoms with Gasteiger partial charge in [0.2, 0.25) is 10.0 Å². The molecular weight excluding hydrogens is 534 g/mol. The number of halogens is 1. The fourth-order valence-corrected chi connectivity index (χ4v) is 7.52. The Labute approximate surface area is 235 Å². The van der Waals surface area contributed by atoms with Crippen LogP contribution >= 0.6 is 11.6 Å². The maximum Gasteiger partial charge on any atom is 0.407 e. The standard InChI is InChI=1S/C30H34ClN3O4S/c31-25-11-14-28(15-12-25)39(36,37)34-27(13-16-29(34)24-9-5-2-6-10-24)22-38-30(35)32-26-17-19-33(20-18-26)21-23-7-3-1-4-8-23/h1-12,14-15,26-27,29H,13,16-22H2,(H,32,35)/t27-,29+/m1/s1. The highest BCUT2D eigenvalue weighted by atomic mass is 35.5. The maximum atomic E-state index is 13.8. The van der Waals surface area contributed by atoms with E-state index in [1.807, 2.05) is 48.5 Å². The molecular formula is C30H34ClN3O4S. The lowest BCUT2D eigenvalue weighted by Crippen LogP contribution is -2.45. The van der Waals surface area contributed by atoms with Crippen LogP contribution in [-0.2, 0) is 21.3 Å². The molecule has 206 valence electrons. The quantitative estimate of drug-likeness (QED) is 0.382. The Bertz CT molecular complexity index is 1330. The Morgan fingerprint density at radius 1 is 0.872 bits per heavy atom. The van der Waals surface area contributed by atoms with Crippen molar-refractivity contribution in [3.63, 3.8) is 0 Å². The zero-order valence-corrected chi connectivity index (χ0v) is 23.4. The Hall–Kier alpha value is -2.91. The molecule has 3 aromatic rings. The summed E-state index contributed by atoms with van der Waals surface area (Å²) in [5.74, 6) is 0. The first-order valence-corrected chi connectivity index (χ1v) is 15.3. The van der Waals surface area contributed by atoms with Crippen molar-refractivity contribution < 1.29 is 17.9 Å². The van der Waals surface area contributed by atoms with Gasteiger partial charge in [0.15, 0.2) is 0 Å². The summed E-state index contributed by atoms with van der Waals surface area (Å²) in [6.45, 7) is 2.69. The molecule has 3 aromatic carbocycles. The lowest BCUT2D eigenvalue weighted by atomic mass is 10.0. The van der Waals surface area contributed by atoms with Crippen LogP contribution in [-0.4, -0.2) is 55.5 Å². The second-order valence-electron chi connectivity index (χ2n) is 10.2. The summed E-state index contributed by atoms with van der Waals surface area (Å²) in [5, 5.41) is 3.46. The average Bonchev–Trinajstić information content (AvgIpc) is 3.39. The maximum absolute atomic E-state index is 13.8. The van der Waals surface area contributed by atoms with Crippen LogP contribution in [0.4, 0.5) is 4.79 Å². The molecule has 2 saturated heterocycles. The van der Waals surface area contributed by atoms with Gasteiger partial charge in [0.1, 0.15) is 6.61 Å². The largest absolute Gasteiger partial charge is 0.448 e. The molecule has 0 spiro atoms. The minimum Gasteiger partial charge on any atom is -0.448 e. The average molecular weight is 568 g/mol. The molecule has 5 rings (SSSR count). The van der Waals surface area contributed by atoms with Crippen molar-refractivity contribution in [1.29, 1.82) is 0 Å². The van der Waals surface area contributed by atoms with Crippen LogP contribution in [0.15, 0.2) is 89.8 Å². The number of benzene rings is 3. The van der Waals surface area contributed by atoms with Crippen LogP contribution in [0.3, 0.4) is 0 Å². The number of piperidine rings is 1. The van der Waals surface area contributed by atoms with Crippen molar-refractivity contribution in [2.45, 2.75) is 55.2 Å². The minimum absolute atomic E-state index is 0.00512. The van der Waals surface area contributed by atoms with Crippen LogP contribution in [0.1, 0.15) is 42.9 Å². The Balaban J connectivity index is 1.20. The molecule has 2 aliphatic heterocycles. The molecule has 1 N–H and O–H groups in total. The van der Waals surface area contributed by atoms with Gasteiger partial charge in [0.25, 0.3) is 0 Å². The van der Waals surface area contributed by atoms with Crippen LogP contribution < -0.4 is 5.32 Å². The number of likely N-dealkylation sites (tertiary alicyclic amines) is 1. The number of ether oxygens (including phenoxy) is 1. The molecule has 0 bridgehead atoms. The van der Waals surface area contributed by atoms with Gasteiger partial charge in [-0.15, -0.1) is 0 Å². The fraction of sp³-hybridized carbons (Fsp3) is 0.367. The summed E-state index contributed by atoms with van der Waals surface area (Å²) in [7, 11) is -3.85. The van der Waals surface area contributed by atoms with E-state index in [0.29, 0.717) is 17.9 Å². The van der Waals surface area contributed by atoms with E-state index < -0.39 is 22.2 Å². The predicted molar refractivity (Wildman–Crippen MR) is 152 cm³/mol. The Morgan fingerprint density at radius 3 is 2.18 bits per heavy atom. The molecule has 0 unspecified atom stereocenters. The number of nitrogens with zero attached hydrogens (tertiary/aromatic N) is 2. The number of sulfonamides is 1. The van der Waals surface area contributed by atoms with Gasteiger partial charge < -0.3 is 10.1 Å². The van der Waals surface area contributed by atoms with Gasteiger partial charge in [-0.1, -0.05) is 72.3 Å². The van der Waals surface area contributed by atoms with Gasteiger partial charge in [0.05, 0.1) is 17.0 Å². The van der Waals surface area contributed by atoms with Gasteiger partial charge >= 0.3 is 6.09 Å². The van der Waals surface area contributed by atoms with Crippen LogP contribution in [0, 0.1) is 0 Å². The second-order valence-corrected chi connectivity index (χ2v) is 12.5. The molecule has 2 aliphatic rings. The van der Waals surface area contributed by atoms with Crippen molar-refractivity contribution in [2.24, 2.45) is 0 Å². The third kappa shape index (κ3) is 6.81. The number of hydrogen-bond donors (Lipinski definition) is 1. The Morgan fingerprint density at radius 2 is 1.51 bits per heavy atom. The molecule has 2 heterocycles. The number of amides is 1. The second kappa shape index (κ2) is 12.5. The van der Waals surface area contributed by atoms with Crippen LogP contribution in [0.25, 0.3) is 0 Å². The first-order valence-electron chi connectivity index (χ1n) is 13.4. The van der Waals surface area contributed by atoms with Gasteiger partial charge in [-0.3, -0.25) is 4.90 Å². The molecule has 0 aliphatic carbocycles. The highest BCUT2D eigenvalue weighted by molar-refractivity contribution is 7.89. The zero-order valence-electron chi connectivity index (χ0n) is 21.8. The fourth-order valence-electron chi connectivity index (χ4n) is 5.55. The third-order valence-corrected chi connectivity index (χ3v) is 9.81. The van der Waals surface area contributed by atoms with Gasteiger partial charge in [-0.2, -0.15) is 4.31 Å². The van der Waals surface area contributed by atoms with Crippen molar-refractivity contribution in [3.8, 4) is 0 Å². The summed E-state index contributed by atoms with van der Waals surface area (Å²) < 4.78 is 34.7. The summed E-state index contributed by atoms with van der Waals surface area (Å²) in [4.78, 5) is 15.3. The van der Waals surface area contributed by atoms with E-state index in [4.69, 9.17) is 16.3 Å². The zero-order chi connectivity index (χ0) is 27.2. The number of carbonyl (C=O) groups excluding carboxylic acids is 1. The molecule has 39 heavy (non-hydrogen) atoms. The Kier molecular flexibility index (Phi) is 8.87. The monoisotopic (exact) mass is 567 g/mol. The normalized spacial score (nSPS) is 21.1. The first kappa shape index (κ1) is 27.6. The van der Waals surface area contributed by atoms with Gasteiger partial charge in [-0.25, -0.2) is 13.2 Å². The lowest BCUT2D eigenvalue weighted by Gasteiger charge is -2.32. The predicted octanol–water partition coefficient (Wildman–Crippen LogP) is 5.63. The highest BCUT2D eigenvalue weighted by Crippen LogP contribution is 2.40. The molecule has 2 atom stereocenters. The molecule has 9 heteroatoms. The smallest absolute Gasteiger partial charge is 0.407 e. The van der Waals surface area contributed by atoms with E-state index in [1.54, 1.807) is 12.1 Å². The van der Waals surface area contributed by atoms with Crippen molar-refractivity contribution in [1.82, 2.24) is 14.5 Å². The van der Waals surface area contributed by atoms with E-state index >= 15 is 0 Å². The van der Waals surface area contributed by atoms with Gasteiger partial charge in [0, 0.05) is 30.7 Å². The van der Waals surface area contributed by atoms with Crippen molar-refractivity contribution >= 4 is 27.7 Å². The van der Waals surface area contributed by atoms with E-state index in [0.717, 1.165) is 38.0 Å². The van der Waals surface area contributed by atoms with Crippen LogP contribution in [0.2, 0.25) is 5.02 Å². The summed E-state index contributed by atoms with van der Waals surface area (Å²) in [6, 6.07) is 25.4. The van der Waals surface area contributed by atoms with Crippen molar-refractivity contribution in [3.05, 3.63) is 101 Å². The number of hydrogen-bond acceptors (Lipinski definition) is 5. The molecule has 7 nitrogen and oxygen atoms in total. The first-order chi connectivity index (χ1) is 18.9. The summed E-state index contributed by atoms with van der Waals surface area (Å²) in [5.41, 5.74) is 2.20.